The molecule has 266 valence electrons. The third kappa shape index (κ3) is 7.63. The summed E-state index contributed by atoms with van der Waals surface area (Å²) in [5.41, 5.74) is 0.311. The van der Waals surface area contributed by atoms with Crippen LogP contribution in [-0.2, 0) is 32.3 Å². The highest BCUT2D eigenvalue weighted by Crippen LogP contribution is 2.45. The number of carbonyl (C=O) groups is 3. The van der Waals surface area contributed by atoms with Gasteiger partial charge in [0, 0.05) is 76.3 Å². The fraction of sp³-hybridized carbons (Fsp3) is 0.571. The summed E-state index contributed by atoms with van der Waals surface area (Å²) in [4.78, 5) is 48.2. The van der Waals surface area contributed by atoms with E-state index in [1.165, 1.54) is 18.0 Å². The Labute approximate surface area is 289 Å². The van der Waals surface area contributed by atoms with Gasteiger partial charge in [-0.15, -0.1) is 0 Å². The molecule has 1 atom stereocenters. The molecule has 0 aliphatic carbocycles. The van der Waals surface area contributed by atoms with Crippen LogP contribution in [0.5, 0.6) is 0 Å². The zero-order chi connectivity index (χ0) is 34.9. The molecule has 3 amide bonds. The first-order valence-electron chi connectivity index (χ1n) is 17.0. The van der Waals surface area contributed by atoms with Crippen molar-refractivity contribution in [3.8, 4) is 0 Å². The van der Waals surface area contributed by atoms with Crippen molar-refractivity contribution in [3.63, 3.8) is 0 Å². The van der Waals surface area contributed by atoms with Crippen molar-refractivity contribution in [2.75, 3.05) is 77.1 Å². The molecule has 2 aromatic carbocycles. The Hall–Kier alpha value is -3.55. The highest BCUT2D eigenvalue weighted by atomic mass is 35.5. The van der Waals surface area contributed by atoms with Crippen LogP contribution in [0.3, 0.4) is 0 Å². The van der Waals surface area contributed by atoms with Crippen molar-refractivity contribution < 1.29 is 32.3 Å². The summed E-state index contributed by atoms with van der Waals surface area (Å²) >= 11 is 6.29. The third-order valence-electron chi connectivity index (χ3n) is 10.7. The van der Waals surface area contributed by atoms with Crippen LogP contribution in [0.2, 0.25) is 5.02 Å². The molecule has 0 aromatic heterocycles. The van der Waals surface area contributed by atoms with Crippen molar-refractivity contribution in [3.05, 3.63) is 58.1 Å². The van der Waals surface area contributed by atoms with E-state index in [1.54, 1.807) is 4.90 Å². The standard InChI is InChI=1S/C35H44ClF3N6O4/c1-40-31-26(35(37,38)39)19-23(20-27(31)36)21-29(32(47)44-17-15-43(16-18-44)24-7-11-42(2)12-8-24)49-33(48)45-13-9-34(10-14-45)22-30(46)41-28-6-4-3-5-25(28)34/h3-6,19-20,24,29,40H,7-18,21-22H2,1-2H3,(H,41,46)/t29-/m1/s1. The third-order valence-corrected chi connectivity index (χ3v) is 11.0. The molecule has 1 spiro atoms. The molecule has 0 unspecified atom stereocenters. The quantitative estimate of drug-likeness (QED) is 0.434. The van der Waals surface area contributed by atoms with Crippen molar-refractivity contribution in [2.24, 2.45) is 0 Å². The molecular formula is C35H44ClF3N6O4. The molecule has 0 bridgehead atoms. The second-order valence-electron chi connectivity index (χ2n) is 13.8. The number of benzene rings is 2. The number of hydrogen-bond acceptors (Lipinski definition) is 7. The maximum atomic E-state index is 14.0. The number of piperazine rings is 1. The molecule has 2 aromatic rings. The maximum absolute atomic E-state index is 14.0. The number of halogens is 4. The Morgan fingerprint density at radius 3 is 2.35 bits per heavy atom. The second-order valence-corrected chi connectivity index (χ2v) is 14.2. The molecule has 4 aliphatic rings. The average Bonchev–Trinajstić information content (AvgIpc) is 3.07. The molecule has 0 radical (unpaired) electrons. The smallest absolute Gasteiger partial charge is 0.418 e. The van der Waals surface area contributed by atoms with Crippen LogP contribution in [-0.4, -0.2) is 116 Å². The van der Waals surface area contributed by atoms with Crippen molar-refractivity contribution in [1.82, 2.24) is 19.6 Å². The second kappa shape index (κ2) is 14.4. The van der Waals surface area contributed by atoms with Gasteiger partial charge in [0.1, 0.15) is 0 Å². The van der Waals surface area contributed by atoms with Crippen LogP contribution in [0.1, 0.15) is 48.8 Å². The van der Waals surface area contributed by atoms with Crippen LogP contribution >= 0.6 is 11.6 Å². The van der Waals surface area contributed by atoms with Gasteiger partial charge in [0.25, 0.3) is 5.91 Å². The number of rotatable bonds is 6. The maximum Gasteiger partial charge on any atom is 0.418 e. The van der Waals surface area contributed by atoms with Crippen LogP contribution in [0.15, 0.2) is 36.4 Å². The number of anilines is 2. The molecule has 2 N–H and O–H groups in total. The van der Waals surface area contributed by atoms with E-state index >= 15 is 0 Å². The lowest BCUT2D eigenvalue weighted by molar-refractivity contribution is -0.143. The number of nitrogens with one attached hydrogen (secondary N) is 2. The Bertz CT molecular complexity index is 1550. The fourth-order valence-corrected chi connectivity index (χ4v) is 8.27. The van der Waals surface area contributed by atoms with Crippen molar-refractivity contribution in [2.45, 2.75) is 62.3 Å². The Morgan fingerprint density at radius 2 is 1.69 bits per heavy atom. The van der Waals surface area contributed by atoms with Crippen molar-refractivity contribution >= 4 is 40.9 Å². The minimum Gasteiger partial charge on any atom is -0.436 e. The monoisotopic (exact) mass is 704 g/mol. The van der Waals surface area contributed by atoms with Crippen LogP contribution < -0.4 is 10.6 Å². The number of para-hydroxylation sites is 1. The first-order chi connectivity index (χ1) is 23.4. The van der Waals surface area contributed by atoms with Gasteiger partial charge >= 0.3 is 12.3 Å². The lowest BCUT2D eigenvalue weighted by Crippen LogP contribution is -2.56. The highest BCUT2D eigenvalue weighted by molar-refractivity contribution is 6.33. The van der Waals surface area contributed by atoms with E-state index < -0.39 is 35.3 Å². The minimum atomic E-state index is -4.70. The van der Waals surface area contributed by atoms with Gasteiger partial charge in [-0.1, -0.05) is 29.8 Å². The summed E-state index contributed by atoms with van der Waals surface area (Å²) in [7, 11) is 3.47. The number of nitrogens with zero attached hydrogens (tertiary/aromatic N) is 4. The Kier molecular flexibility index (Phi) is 10.3. The molecular weight excluding hydrogens is 661 g/mol. The van der Waals surface area contributed by atoms with E-state index in [-0.39, 0.29) is 28.6 Å². The topological polar surface area (TPSA) is 97.5 Å². The minimum absolute atomic E-state index is 0.0718. The van der Waals surface area contributed by atoms with Gasteiger partial charge in [-0.25, -0.2) is 4.79 Å². The Balaban J connectivity index is 1.18. The molecule has 0 saturated carbocycles. The molecule has 6 rings (SSSR count). The van der Waals surface area contributed by atoms with Crippen molar-refractivity contribution in [1.29, 1.82) is 0 Å². The van der Waals surface area contributed by atoms with E-state index in [1.807, 2.05) is 24.3 Å². The molecule has 4 aliphatic heterocycles. The normalized spacial score (nSPS) is 21.2. The SMILES string of the molecule is CNc1c(Cl)cc(C[C@@H](OC(=O)N2CCC3(CC2)CC(=O)Nc2ccccc23)C(=O)N2CCN(C3CCN(C)CC3)CC2)cc1C(F)(F)F. The number of alkyl halides is 3. The number of hydrogen-bond donors (Lipinski definition) is 2. The van der Waals surface area contributed by atoms with Gasteiger partial charge < -0.3 is 30.1 Å². The number of likely N-dealkylation sites (tertiary alicyclic amines) is 2. The van der Waals surface area contributed by atoms with Crippen LogP contribution in [0.25, 0.3) is 0 Å². The molecule has 49 heavy (non-hydrogen) atoms. The van der Waals surface area contributed by atoms with E-state index in [0.29, 0.717) is 64.6 Å². The molecule has 14 heteroatoms. The molecule has 10 nitrogen and oxygen atoms in total. The summed E-state index contributed by atoms with van der Waals surface area (Å²) in [5.74, 6) is -0.511. The highest BCUT2D eigenvalue weighted by Gasteiger charge is 2.44. The van der Waals surface area contributed by atoms with Gasteiger partial charge in [-0.3, -0.25) is 14.5 Å². The predicted octanol–water partition coefficient (Wildman–Crippen LogP) is 5.06. The summed E-state index contributed by atoms with van der Waals surface area (Å²) < 4.78 is 48.0. The van der Waals surface area contributed by atoms with Gasteiger partial charge in [0.15, 0.2) is 6.10 Å². The number of amides is 3. The van der Waals surface area contributed by atoms with Gasteiger partial charge in [-0.2, -0.15) is 13.2 Å². The van der Waals surface area contributed by atoms with Crippen LogP contribution in [0, 0.1) is 0 Å². The first kappa shape index (κ1) is 35.3. The zero-order valence-corrected chi connectivity index (χ0v) is 28.7. The Morgan fingerprint density at radius 1 is 1.02 bits per heavy atom. The van der Waals surface area contributed by atoms with E-state index in [4.69, 9.17) is 16.3 Å². The number of piperidine rings is 2. The molecule has 4 heterocycles. The lowest BCUT2D eigenvalue weighted by atomic mass is 9.68. The van der Waals surface area contributed by atoms with Gasteiger partial charge in [0.2, 0.25) is 5.91 Å². The summed E-state index contributed by atoms with van der Waals surface area (Å²) in [6.07, 6.45) is -3.54. The van der Waals surface area contributed by atoms with E-state index in [9.17, 15) is 27.6 Å². The fourth-order valence-electron chi connectivity index (χ4n) is 7.93. The first-order valence-corrected chi connectivity index (χ1v) is 17.4. The molecule has 3 fully saturated rings. The van der Waals surface area contributed by atoms with E-state index in [2.05, 4.69) is 27.5 Å². The lowest BCUT2D eigenvalue weighted by Gasteiger charge is -2.44. The zero-order valence-electron chi connectivity index (χ0n) is 28.0. The summed E-state index contributed by atoms with van der Waals surface area (Å²) in [6, 6.07) is 10.5. The average molecular weight is 705 g/mol. The number of fused-ring (bicyclic) bond motifs is 2. The largest absolute Gasteiger partial charge is 0.436 e. The van der Waals surface area contributed by atoms with Gasteiger partial charge in [-0.05, 0) is 75.1 Å². The van der Waals surface area contributed by atoms with Crippen LogP contribution in [0.4, 0.5) is 29.3 Å². The molecule has 3 saturated heterocycles. The summed E-state index contributed by atoms with van der Waals surface area (Å²) in [5, 5.41) is 5.30. The summed E-state index contributed by atoms with van der Waals surface area (Å²) in [6.45, 7) is 4.85. The number of ether oxygens (including phenoxy) is 1. The van der Waals surface area contributed by atoms with E-state index in [0.717, 1.165) is 43.2 Å². The van der Waals surface area contributed by atoms with Gasteiger partial charge in [0.05, 0.1) is 16.3 Å². The predicted molar refractivity (Wildman–Crippen MR) is 181 cm³/mol. The number of carbonyl (C=O) groups excluding carboxylic acids is 3.